The fourth-order valence-corrected chi connectivity index (χ4v) is 6.63. The van der Waals surface area contributed by atoms with E-state index in [-0.39, 0.29) is 23.1 Å². The van der Waals surface area contributed by atoms with E-state index < -0.39 is 26.7 Å². The maximum atomic E-state index is 13.0. The lowest BCUT2D eigenvalue weighted by molar-refractivity contribution is 0.441. The van der Waals surface area contributed by atoms with Crippen LogP contribution in [0.4, 0.5) is 0 Å². The molecule has 214 valence electrons. The van der Waals surface area contributed by atoms with E-state index in [0.717, 1.165) is 16.7 Å². The molecule has 3 N–H and O–H groups in total. The predicted molar refractivity (Wildman–Crippen MR) is 167 cm³/mol. The van der Waals surface area contributed by atoms with Crippen molar-refractivity contribution in [1.29, 1.82) is 0 Å². The second-order valence-electron chi connectivity index (χ2n) is 10.8. The van der Waals surface area contributed by atoms with Gasteiger partial charge in [-0.3, -0.25) is 4.55 Å². The van der Waals surface area contributed by atoms with Crippen LogP contribution < -0.4 is 0 Å². The molecule has 42 heavy (non-hydrogen) atoms. The van der Waals surface area contributed by atoms with Gasteiger partial charge in [0.05, 0.1) is 0 Å². The third-order valence-electron chi connectivity index (χ3n) is 8.20. The zero-order valence-corrected chi connectivity index (χ0v) is 24.6. The number of phenols is 2. The lowest BCUT2D eigenvalue weighted by Gasteiger charge is -2.26. The maximum absolute atomic E-state index is 13.0. The van der Waals surface area contributed by atoms with Gasteiger partial charge in [-0.1, -0.05) is 118 Å². The highest BCUT2D eigenvalue weighted by Gasteiger charge is 2.32. The van der Waals surface area contributed by atoms with Crippen molar-refractivity contribution in [3.63, 3.8) is 0 Å². The molecule has 0 aliphatic heterocycles. The summed E-state index contributed by atoms with van der Waals surface area (Å²) in [5.74, 6) is -1.06. The molecule has 5 rings (SSSR count). The second kappa shape index (κ2) is 11.8. The summed E-state index contributed by atoms with van der Waals surface area (Å²) in [6, 6.07) is 35.9. The first-order valence-corrected chi connectivity index (χ1v) is 15.4. The molecule has 5 nitrogen and oxygen atoms in total. The molecule has 0 radical (unpaired) electrons. The molecule has 0 bridgehead atoms. The first kappa shape index (κ1) is 29.1. The summed E-state index contributed by atoms with van der Waals surface area (Å²) >= 11 is 0. The van der Waals surface area contributed by atoms with Crippen molar-refractivity contribution >= 4 is 10.1 Å². The molecule has 0 aliphatic carbocycles. The van der Waals surface area contributed by atoms with Gasteiger partial charge in [0.2, 0.25) is 0 Å². The Labute approximate surface area is 247 Å². The number of phenolic OH excluding ortho intramolecular Hbond substituents is 2. The highest BCUT2D eigenvalue weighted by Crippen LogP contribution is 2.46. The molecule has 0 aliphatic rings. The minimum absolute atomic E-state index is 0.0430. The molecule has 0 spiro atoms. The van der Waals surface area contributed by atoms with Crippen molar-refractivity contribution in [2.75, 3.05) is 0 Å². The molecule has 6 heteroatoms. The van der Waals surface area contributed by atoms with Crippen LogP contribution in [0, 0.1) is 0 Å². The van der Waals surface area contributed by atoms with Crippen LogP contribution in [-0.2, 0) is 10.1 Å². The molecule has 0 heterocycles. The van der Waals surface area contributed by atoms with Gasteiger partial charge in [0.15, 0.2) is 0 Å². The molecule has 0 fully saturated rings. The number of benzene rings is 5. The normalized spacial score (nSPS) is 13.8. The molecule has 5 aromatic carbocycles. The van der Waals surface area contributed by atoms with Crippen molar-refractivity contribution in [3.8, 4) is 22.6 Å². The van der Waals surface area contributed by atoms with Gasteiger partial charge < -0.3 is 10.2 Å². The molecule has 5 aromatic rings. The summed E-state index contributed by atoms with van der Waals surface area (Å²) in [6.07, 6.45) is 0. The Morgan fingerprint density at radius 3 is 1.52 bits per heavy atom. The van der Waals surface area contributed by atoms with Gasteiger partial charge in [-0.05, 0) is 57.1 Å². The van der Waals surface area contributed by atoms with Gasteiger partial charge in [0, 0.05) is 23.3 Å². The van der Waals surface area contributed by atoms with E-state index in [1.807, 2.05) is 86.6 Å². The Morgan fingerprint density at radius 2 is 1.02 bits per heavy atom. The van der Waals surface area contributed by atoms with E-state index in [0.29, 0.717) is 16.7 Å². The van der Waals surface area contributed by atoms with Crippen LogP contribution in [-0.4, -0.2) is 23.2 Å². The van der Waals surface area contributed by atoms with Crippen molar-refractivity contribution < 1.29 is 23.2 Å². The second-order valence-corrected chi connectivity index (χ2v) is 12.1. The molecular weight excluding hydrogens is 544 g/mol. The number of rotatable bonds is 8. The van der Waals surface area contributed by atoms with Gasteiger partial charge in [0.25, 0.3) is 10.1 Å². The quantitative estimate of drug-likeness (QED) is 0.161. The van der Waals surface area contributed by atoms with Gasteiger partial charge >= 0.3 is 0 Å². The average molecular weight is 579 g/mol. The van der Waals surface area contributed by atoms with Crippen LogP contribution in [0.5, 0.6) is 11.5 Å². The Bertz CT molecular complexity index is 1780. The van der Waals surface area contributed by atoms with Crippen LogP contribution in [0.3, 0.4) is 0 Å². The zero-order valence-electron chi connectivity index (χ0n) is 23.8. The Hall–Kier alpha value is -4.39. The van der Waals surface area contributed by atoms with Crippen LogP contribution in [0.15, 0.2) is 120 Å². The number of aromatic hydroxyl groups is 2. The first-order chi connectivity index (χ1) is 20.1. The first-order valence-electron chi connectivity index (χ1n) is 13.9. The topological polar surface area (TPSA) is 94.8 Å². The summed E-state index contributed by atoms with van der Waals surface area (Å²) in [4.78, 5) is -0.500. The molecule has 0 saturated carbocycles. The smallest absolute Gasteiger partial charge is 0.298 e. The maximum Gasteiger partial charge on any atom is 0.298 e. The monoisotopic (exact) mass is 578 g/mol. The van der Waals surface area contributed by atoms with E-state index >= 15 is 0 Å². The van der Waals surface area contributed by atoms with Crippen LogP contribution >= 0.6 is 0 Å². The van der Waals surface area contributed by atoms with E-state index in [1.54, 1.807) is 18.2 Å². The minimum Gasteiger partial charge on any atom is -0.508 e. The standard InChI is InChI=1S/C36H34O5S/c1-23(26-10-6-4-7-11-26)28-14-16-29(17-15-28)25(3)34-32(24(2)27-12-8-5-9-13-27)22-33(30-18-20-31(37)21-19-30)35(38)36(34)42(39,40)41/h4-25,37-38H,1-3H3,(H,39,40,41). The fourth-order valence-electron chi connectivity index (χ4n) is 5.71. The van der Waals surface area contributed by atoms with E-state index in [2.05, 4.69) is 19.1 Å². The Balaban J connectivity index is 1.70. The Kier molecular flexibility index (Phi) is 8.21. The van der Waals surface area contributed by atoms with Crippen LogP contribution in [0.1, 0.15) is 71.9 Å². The fraction of sp³-hybridized carbons (Fsp3) is 0.167. The lowest BCUT2D eigenvalue weighted by atomic mass is 9.80. The summed E-state index contributed by atoms with van der Waals surface area (Å²) in [6.45, 7) is 6.02. The number of hydrogen-bond acceptors (Lipinski definition) is 4. The molecule has 3 atom stereocenters. The van der Waals surface area contributed by atoms with Crippen molar-refractivity contribution in [3.05, 3.63) is 149 Å². The Morgan fingerprint density at radius 1 is 0.571 bits per heavy atom. The number of hydrogen-bond donors (Lipinski definition) is 3. The summed E-state index contributed by atoms with van der Waals surface area (Å²) in [7, 11) is -4.85. The van der Waals surface area contributed by atoms with Crippen molar-refractivity contribution in [2.45, 2.75) is 43.4 Å². The van der Waals surface area contributed by atoms with E-state index in [4.69, 9.17) is 0 Å². The predicted octanol–water partition coefficient (Wildman–Crippen LogP) is 8.47. The highest BCUT2D eigenvalue weighted by molar-refractivity contribution is 7.86. The van der Waals surface area contributed by atoms with Gasteiger partial charge in [-0.25, -0.2) is 0 Å². The van der Waals surface area contributed by atoms with Gasteiger partial charge in [-0.2, -0.15) is 8.42 Å². The van der Waals surface area contributed by atoms with E-state index in [1.165, 1.54) is 17.7 Å². The molecule has 0 amide bonds. The van der Waals surface area contributed by atoms with Crippen molar-refractivity contribution in [1.82, 2.24) is 0 Å². The molecule has 0 aromatic heterocycles. The van der Waals surface area contributed by atoms with Crippen molar-refractivity contribution in [2.24, 2.45) is 0 Å². The van der Waals surface area contributed by atoms with Gasteiger partial charge in [0.1, 0.15) is 16.4 Å². The van der Waals surface area contributed by atoms with Crippen LogP contribution in [0.25, 0.3) is 11.1 Å². The lowest BCUT2D eigenvalue weighted by Crippen LogP contribution is -2.14. The minimum atomic E-state index is -4.85. The molecular formula is C36H34O5S. The van der Waals surface area contributed by atoms with Crippen LogP contribution in [0.2, 0.25) is 0 Å². The van der Waals surface area contributed by atoms with E-state index in [9.17, 15) is 23.2 Å². The van der Waals surface area contributed by atoms with Gasteiger partial charge in [-0.15, -0.1) is 0 Å². The summed E-state index contributed by atoms with van der Waals surface area (Å²) in [5, 5.41) is 21.3. The summed E-state index contributed by atoms with van der Waals surface area (Å²) < 4.78 is 36.6. The zero-order chi connectivity index (χ0) is 30.0. The summed E-state index contributed by atoms with van der Waals surface area (Å²) in [5.41, 5.74) is 5.90. The third-order valence-corrected chi connectivity index (χ3v) is 9.13. The SMILES string of the molecule is CC(c1ccccc1)c1ccc(C(C)c2c(C(C)c3ccccc3)cc(-c3ccc(O)cc3)c(O)c2S(=O)(=O)O)cc1. The third kappa shape index (κ3) is 5.82. The molecule has 3 unspecified atom stereocenters. The average Bonchev–Trinajstić information content (AvgIpc) is 3.00. The largest absolute Gasteiger partial charge is 0.508 e. The molecule has 0 saturated heterocycles. The highest BCUT2D eigenvalue weighted by atomic mass is 32.2.